The number of ether oxygens (including phenoxy) is 2. The van der Waals surface area contributed by atoms with E-state index in [1.807, 2.05) is 17.6 Å². The van der Waals surface area contributed by atoms with Gasteiger partial charge < -0.3 is 9.47 Å². The minimum absolute atomic E-state index is 0.289. The maximum atomic E-state index is 5.97. The fourth-order valence-corrected chi connectivity index (χ4v) is 4.03. The Morgan fingerprint density at radius 2 is 2.08 bits per heavy atom. The highest BCUT2D eigenvalue weighted by Crippen LogP contribution is 2.30. The van der Waals surface area contributed by atoms with Crippen molar-refractivity contribution in [2.24, 2.45) is 0 Å². The molecule has 1 aliphatic rings. The van der Waals surface area contributed by atoms with Crippen molar-refractivity contribution in [1.29, 1.82) is 0 Å². The summed E-state index contributed by atoms with van der Waals surface area (Å²) in [6, 6.07) is 6.52. The van der Waals surface area contributed by atoms with Crippen LogP contribution < -0.4 is 9.47 Å². The number of aromatic nitrogens is 1. The van der Waals surface area contributed by atoms with Crippen LogP contribution in [-0.2, 0) is 6.54 Å². The second kappa shape index (κ2) is 9.35. The molecule has 0 aliphatic carbocycles. The summed E-state index contributed by atoms with van der Waals surface area (Å²) < 4.78 is 11.5. The molecule has 0 amide bonds. The summed E-state index contributed by atoms with van der Waals surface area (Å²) in [4.78, 5) is 9.17. The van der Waals surface area contributed by atoms with Gasteiger partial charge in [-0.3, -0.25) is 9.80 Å². The predicted molar refractivity (Wildman–Crippen MR) is 106 cm³/mol. The first kappa shape index (κ1) is 19.1. The number of thiazole rings is 1. The normalized spacial score (nSPS) is 16.2. The molecule has 2 aromatic rings. The van der Waals surface area contributed by atoms with Crippen LogP contribution in [0.5, 0.6) is 11.5 Å². The van der Waals surface area contributed by atoms with E-state index in [4.69, 9.17) is 9.47 Å². The number of rotatable bonds is 9. The van der Waals surface area contributed by atoms with Crippen molar-refractivity contribution in [1.82, 2.24) is 14.8 Å². The molecule has 0 spiro atoms. The summed E-state index contributed by atoms with van der Waals surface area (Å²) >= 11 is 1.70. The molecule has 1 aliphatic heterocycles. The molecule has 0 unspecified atom stereocenters. The molecule has 0 bridgehead atoms. The topological polar surface area (TPSA) is 37.8 Å². The Hall–Kier alpha value is -1.63. The Labute approximate surface area is 160 Å². The third-order valence-electron chi connectivity index (χ3n) is 4.99. The van der Waals surface area contributed by atoms with E-state index in [0.29, 0.717) is 6.61 Å². The molecule has 1 aromatic heterocycles. The lowest BCUT2D eigenvalue weighted by Gasteiger charge is -2.23. The van der Waals surface area contributed by atoms with Gasteiger partial charge in [0.1, 0.15) is 11.6 Å². The van der Waals surface area contributed by atoms with Gasteiger partial charge in [-0.2, -0.15) is 0 Å². The van der Waals surface area contributed by atoms with Gasteiger partial charge in [0.2, 0.25) is 0 Å². The average molecular weight is 376 g/mol. The van der Waals surface area contributed by atoms with Crippen LogP contribution in [0.25, 0.3) is 0 Å². The van der Waals surface area contributed by atoms with Gasteiger partial charge in [-0.1, -0.05) is 6.07 Å². The maximum absolute atomic E-state index is 5.97. The van der Waals surface area contributed by atoms with Crippen LogP contribution in [0.2, 0.25) is 0 Å². The van der Waals surface area contributed by atoms with Crippen molar-refractivity contribution >= 4 is 11.3 Å². The lowest BCUT2D eigenvalue weighted by Crippen LogP contribution is -2.25. The van der Waals surface area contributed by atoms with Crippen LogP contribution in [0.4, 0.5) is 0 Å². The Bertz CT molecular complexity index is 672. The Balaban J connectivity index is 1.56. The minimum atomic E-state index is 0.289. The van der Waals surface area contributed by atoms with E-state index in [-0.39, 0.29) is 6.04 Å². The second-order valence-corrected chi connectivity index (χ2v) is 7.77. The molecule has 5 nitrogen and oxygen atoms in total. The van der Waals surface area contributed by atoms with E-state index in [9.17, 15) is 0 Å². The van der Waals surface area contributed by atoms with Gasteiger partial charge in [0.05, 0.1) is 13.2 Å². The summed E-state index contributed by atoms with van der Waals surface area (Å²) in [5.74, 6) is 1.63. The molecule has 1 atom stereocenters. The molecule has 1 saturated heterocycles. The van der Waals surface area contributed by atoms with Crippen LogP contribution in [0.15, 0.2) is 29.8 Å². The maximum Gasteiger partial charge on any atom is 0.161 e. The van der Waals surface area contributed by atoms with Crippen LogP contribution in [0.1, 0.15) is 36.4 Å². The molecule has 1 fully saturated rings. The van der Waals surface area contributed by atoms with Gasteiger partial charge in [-0.25, -0.2) is 4.98 Å². The largest absolute Gasteiger partial charge is 0.493 e. The highest BCUT2D eigenvalue weighted by molar-refractivity contribution is 7.09. The SMILES string of the molecule is COc1cc(CN(C)[C@@H](C)c2nccs2)ccc1OCCN1CCCC1. The number of benzene rings is 1. The zero-order valence-corrected chi connectivity index (χ0v) is 16.8. The summed E-state index contributed by atoms with van der Waals surface area (Å²) in [5.41, 5.74) is 1.21. The lowest BCUT2D eigenvalue weighted by molar-refractivity contribution is 0.229. The van der Waals surface area contributed by atoms with E-state index in [2.05, 4.69) is 40.9 Å². The Morgan fingerprint density at radius 1 is 1.27 bits per heavy atom. The Kier molecular flexibility index (Phi) is 6.88. The van der Waals surface area contributed by atoms with Gasteiger partial charge in [0, 0.05) is 24.7 Å². The smallest absolute Gasteiger partial charge is 0.161 e. The fourth-order valence-electron chi connectivity index (χ4n) is 3.27. The molecular formula is C20H29N3O2S. The molecule has 0 radical (unpaired) electrons. The molecule has 142 valence electrons. The van der Waals surface area contributed by atoms with Gasteiger partial charge in [0.15, 0.2) is 11.5 Å². The van der Waals surface area contributed by atoms with E-state index < -0.39 is 0 Å². The first-order valence-corrected chi connectivity index (χ1v) is 10.2. The zero-order chi connectivity index (χ0) is 18.4. The van der Waals surface area contributed by atoms with Crippen molar-refractivity contribution in [3.8, 4) is 11.5 Å². The molecule has 6 heteroatoms. The third-order valence-corrected chi connectivity index (χ3v) is 5.94. The fraction of sp³-hybridized carbons (Fsp3) is 0.550. The zero-order valence-electron chi connectivity index (χ0n) is 16.0. The molecule has 3 rings (SSSR count). The van der Waals surface area contributed by atoms with Crippen LogP contribution >= 0.6 is 11.3 Å². The first-order valence-electron chi connectivity index (χ1n) is 9.29. The predicted octanol–water partition coefficient (Wildman–Crippen LogP) is 3.82. The summed E-state index contributed by atoms with van der Waals surface area (Å²) in [5, 5.41) is 3.16. The lowest BCUT2D eigenvalue weighted by atomic mass is 10.1. The van der Waals surface area contributed by atoms with E-state index in [1.165, 1.54) is 31.5 Å². The standard InChI is InChI=1S/C20H29N3O2S/c1-16(20-21-8-13-26-20)22(2)15-17-6-7-18(19(14-17)24-3)25-12-11-23-9-4-5-10-23/h6-8,13-14,16H,4-5,9-12,15H2,1-3H3/t16-/m0/s1. The van der Waals surface area contributed by atoms with Crippen molar-refractivity contribution in [2.45, 2.75) is 32.4 Å². The summed E-state index contributed by atoms with van der Waals surface area (Å²) in [7, 11) is 3.83. The summed E-state index contributed by atoms with van der Waals surface area (Å²) in [6.45, 7) is 7.11. The van der Waals surface area contributed by atoms with E-state index in [1.54, 1.807) is 18.4 Å². The molecule has 26 heavy (non-hydrogen) atoms. The van der Waals surface area contributed by atoms with Crippen molar-refractivity contribution in [3.63, 3.8) is 0 Å². The molecular weight excluding hydrogens is 346 g/mol. The minimum Gasteiger partial charge on any atom is -0.493 e. The van der Waals surface area contributed by atoms with Crippen molar-refractivity contribution < 1.29 is 9.47 Å². The van der Waals surface area contributed by atoms with Crippen LogP contribution in [0, 0.1) is 0 Å². The number of methoxy groups -OCH3 is 1. The second-order valence-electron chi connectivity index (χ2n) is 6.84. The number of hydrogen-bond acceptors (Lipinski definition) is 6. The van der Waals surface area contributed by atoms with Gasteiger partial charge >= 0.3 is 0 Å². The summed E-state index contributed by atoms with van der Waals surface area (Å²) in [6.07, 6.45) is 4.48. The molecule has 2 heterocycles. The van der Waals surface area contributed by atoms with Crippen LogP contribution in [-0.4, -0.2) is 55.2 Å². The van der Waals surface area contributed by atoms with Gasteiger partial charge in [0.25, 0.3) is 0 Å². The monoisotopic (exact) mass is 375 g/mol. The average Bonchev–Trinajstić information content (AvgIpc) is 3.36. The number of nitrogens with zero attached hydrogens (tertiary/aromatic N) is 3. The number of hydrogen-bond donors (Lipinski definition) is 0. The van der Waals surface area contributed by atoms with Gasteiger partial charge in [-0.15, -0.1) is 11.3 Å². The van der Waals surface area contributed by atoms with E-state index in [0.717, 1.165) is 29.6 Å². The van der Waals surface area contributed by atoms with E-state index >= 15 is 0 Å². The third kappa shape index (κ3) is 4.96. The quantitative estimate of drug-likeness (QED) is 0.666. The molecule has 0 saturated carbocycles. The molecule has 0 N–H and O–H groups in total. The highest BCUT2D eigenvalue weighted by atomic mass is 32.1. The van der Waals surface area contributed by atoms with Crippen LogP contribution in [0.3, 0.4) is 0 Å². The molecule has 1 aromatic carbocycles. The Morgan fingerprint density at radius 3 is 2.77 bits per heavy atom. The van der Waals surface area contributed by atoms with Crippen molar-refractivity contribution in [2.75, 3.05) is 40.4 Å². The number of likely N-dealkylation sites (tertiary alicyclic amines) is 1. The first-order chi connectivity index (χ1) is 12.7. The van der Waals surface area contributed by atoms with Gasteiger partial charge in [-0.05, 0) is 57.6 Å². The van der Waals surface area contributed by atoms with Crippen molar-refractivity contribution in [3.05, 3.63) is 40.3 Å². The highest BCUT2D eigenvalue weighted by Gasteiger charge is 2.16.